The van der Waals surface area contributed by atoms with Crippen LogP contribution in [0.5, 0.6) is 0 Å². The van der Waals surface area contributed by atoms with Crippen molar-refractivity contribution >= 4 is 29.8 Å². The molecule has 0 heterocycles. The maximum absolute atomic E-state index is 10.9. The van der Waals surface area contributed by atoms with Gasteiger partial charge >= 0.3 is 11.9 Å². The van der Waals surface area contributed by atoms with E-state index in [1.54, 1.807) is 6.08 Å². The number of aliphatic hydroxyl groups is 1. The topological polar surface area (TPSA) is 94.8 Å². The molecule has 36 heavy (non-hydrogen) atoms. The Balaban J connectivity index is 1.85. The number of carboxylic acids is 2. The molecule has 0 aliphatic carbocycles. The summed E-state index contributed by atoms with van der Waals surface area (Å²) in [6.45, 7) is 0. The minimum atomic E-state index is -0.928. The summed E-state index contributed by atoms with van der Waals surface area (Å²) < 4.78 is 0. The molecule has 3 N–H and O–H groups in total. The maximum Gasteiger partial charge on any atom is 0.307 e. The van der Waals surface area contributed by atoms with E-state index in [4.69, 9.17) is 10.2 Å². The Hall–Kier alpha value is -3.09. The first-order valence-electron chi connectivity index (χ1n) is 12.3. The van der Waals surface area contributed by atoms with Gasteiger partial charge in [0.25, 0.3) is 0 Å². The Morgan fingerprint density at radius 1 is 0.833 bits per heavy atom. The minimum Gasteiger partial charge on any atom is -0.481 e. The fraction of sp³-hybridized carbons (Fsp3) is 0.333. The zero-order chi connectivity index (χ0) is 26.0. The van der Waals surface area contributed by atoms with Crippen molar-refractivity contribution in [2.75, 3.05) is 5.75 Å². The zero-order valence-corrected chi connectivity index (χ0v) is 21.4. The molecule has 2 aromatic rings. The lowest BCUT2D eigenvalue weighted by Gasteiger charge is -2.18. The molecule has 0 aliphatic rings. The summed E-state index contributed by atoms with van der Waals surface area (Å²) in [5.41, 5.74) is 3.59. The van der Waals surface area contributed by atoms with Crippen molar-refractivity contribution in [3.8, 4) is 0 Å². The van der Waals surface area contributed by atoms with Gasteiger partial charge in [0.15, 0.2) is 0 Å². The number of carboxylic acid groups (broad SMARTS) is 2. The number of allylic oxidation sites excluding steroid dienone is 3. The van der Waals surface area contributed by atoms with Gasteiger partial charge in [-0.25, -0.2) is 0 Å². The number of carbonyl (C=O) groups is 2. The normalized spacial score (nSPS) is 13.5. The largest absolute Gasteiger partial charge is 0.481 e. The second kappa shape index (κ2) is 17.4. The van der Waals surface area contributed by atoms with Gasteiger partial charge < -0.3 is 15.3 Å². The molecule has 2 atom stereocenters. The molecule has 5 nitrogen and oxygen atoms in total. The van der Waals surface area contributed by atoms with Crippen molar-refractivity contribution in [3.63, 3.8) is 0 Å². The van der Waals surface area contributed by atoms with E-state index >= 15 is 0 Å². The molecule has 0 aliphatic heterocycles. The quantitative estimate of drug-likeness (QED) is 0.174. The number of hydrogen-bond acceptors (Lipinski definition) is 4. The van der Waals surface area contributed by atoms with Gasteiger partial charge in [0.2, 0.25) is 0 Å². The summed E-state index contributed by atoms with van der Waals surface area (Å²) in [6.07, 6.45) is 14.7. The summed E-state index contributed by atoms with van der Waals surface area (Å²) in [6, 6.07) is 18.7. The molecule has 0 fully saturated rings. The molecular weight excluding hydrogens is 472 g/mol. The van der Waals surface area contributed by atoms with Crippen LogP contribution in [0.3, 0.4) is 0 Å². The first-order chi connectivity index (χ1) is 17.4. The predicted octanol–water partition coefficient (Wildman–Crippen LogP) is 6.18. The second-order valence-electron chi connectivity index (χ2n) is 8.49. The van der Waals surface area contributed by atoms with Gasteiger partial charge in [0.1, 0.15) is 0 Å². The van der Waals surface area contributed by atoms with Crippen molar-refractivity contribution < 1.29 is 24.9 Å². The zero-order valence-electron chi connectivity index (χ0n) is 20.5. The molecule has 6 heteroatoms. The van der Waals surface area contributed by atoms with Crippen LogP contribution in [0, 0.1) is 0 Å². The molecule has 0 aromatic heterocycles. The average Bonchev–Trinajstić information content (AvgIpc) is 2.87. The fourth-order valence-electron chi connectivity index (χ4n) is 3.51. The number of benzene rings is 2. The molecular formula is C30H36O5S. The molecule has 0 radical (unpaired) electrons. The van der Waals surface area contributed by atoms with Crippen LogP contribution in [0.15, 0.2) is 85.0 Å². The highest BCUT2D eigenvalue weighted by molar-refractivity contribution is 8.00. The van der Waals surface area contributed by atoms with Crippen LogP contribution in [-0.2, 0) is 22.4 Å². The standard InChI is InChI=1S/C30H36O5S/c31-27(20-22-30(34)35)28(36-23-9-3-8-14-29(32)33)21-19-26-17-15-25(16-18-26)13-7-2-6-12-24-10-4-1-5-11-24/h1-5,7-8,10-11,15-19,21,27-28,31H,6,9,12-14,20,22-23H2,(H,32,33)(H,34,35)/b7-2-,8-3+,21-19+. The Labute approximate surface area is 218 Å². The van der Waals surface area contributed by atoms with Crippen LogP contribution in [0.2, 0.25) is 0 Å². The molecule has 192 valence electrons. The maximum atomic E-state index is 10.9. The fourth-order valence-corrected chi connectivity index (χ4v) is 4.60. The SMILES string of the molecule is O=C(O)C/C=C/CCSC(/C=C/c1ccc(C/C=C\CCc2ccccc2)cc1)C(O)CCC(=O)O. The third-order valence-electron chi connectivity index (χ3n) is 5.51. The van der Waals surface area contributed by atoms with Crippen LogP contribution in [-0.4, -0.2) is 44.4 Å². The average molecular weight is 509 g/mol. The van der Waals surface area contributed by atoms with Gasteiger partial charge in [0.05, 0.1) is 12.5 Å². The monoisotopic (exact) mass is 508 g/mol. The van der Waals surface area contributed by atoms with E-state index in [-0.39, 0.29) is 24.5 Å². The Bertz CT molecular complexity index is 996. The number of aryl methyl sites for hydroxylation is 1. The smallest absolute Gasteiger partial charge is 0.307 e. The van der Waals surface area contributed by atoms with E-state index in [0.717, 1.165) is 24.8 Å². The van der Waals surface area contributed by atoms with E-state index in [9.17, 15) is 14.7 Å². The molecule has 0 amide bonds. The van der Waals surface area contributed by atoms with Gasteiger partial charge in [0, 0.05) is 11.7 Å². The molecule has 0 saturated carbocycles. The number of aliphatic carboxylic acids is 2. The van der Waals surface area contributed by atoms with E-state index in [1.807, 2.05) is 36.4 Å². The molecule has 0 spiro atoms. The van der Waals surface area contributed by atoms with Crippen molar-refractivity contribution in [1.82, 2.24) is 0 Å². The number of thioether (sulfide) groups is 1. The first-order valence-corrected chi connectivity index (χ1v) is 13.3. The van der Waals surface area contributed by atoms with Gasteiger partial charge in [-0.1, -0.05) is 91.1 Å². The van der Waals surface area contributed by atoms with Gasteiger partial charge in [-0.3, -0.25) is 9.59 Å². The first kappa shape index (κ1) is 29.1. The van der Waals surface area contributed by atoms with E-state index < -0.39 is 18.0 Å². The highest BCUT2D eigenvalue weighted by atomic mass is 32.2. The van der Waals surface area contributed by atoms with Gasteiger partial charge in [-0.05, 0) is 54.5 Å². The number of aliphatic hydroxyl groups excluding tert-OH is 1. The minimum absolute atomic E-state index is 0.00525. The lowest BCUT2D eigenvalue weighted by molar-refractivity contribution is -0.138. The van der Waals surface area contributed by atoms with Gasteiger partial charge in [-0.15, -0.1) is 0 Å². The van der Waals surface area contributed by atoms with Crippen molar-refractivity contribution in [2.45, 2.75) is 56.3 Å². The van der Waals surface area contributed by atoms with Crippen molar-refractivity contribution in [2.24, 2.45) is 0 Å². The Morgan fingerprint density at radius 2 is 1.56 bits per heavy atom. The third-order valence-corrected chi connectivity index (χ3v) is 6.84. The van der Waals surface area contributed by atoms with Crippen LogP contribution in [0.4, 0.5) is 0 Å². The summed E-state index contributed by atoms with van der Waals surface area (Å²) >= 11 is 1.54. The molecule has 2 unspecified atom stereocenters. The van der Waals surface area contributed by atoms with Crippen molar-refractivity contribution in [3.05, 3.63) is 102 Å². The Morgan fingerprint density at radius 3 is 2.25 bits per heavy atom. The second-order valence-corrected chi connectivity index (χ2v) is 9.78. The summed E-state index contributed by atoms with van der Waals surface area (Å²) in [7, 11) is 0. The predicted molar refractivity (Wildman–Crippen MR) is 148 cm³/mol. The van der Waals surface area contributed by atoms with Crippen LogP contribution >= 0.6 is 11.8 Å². The Kier molecular flexibility index (Phi) is 14.1. The lowest BCUT2D eigenvalue weighted by atomic mass is 10.1. The van der Waals surface area contributed by atoms with Gasteiger partial charge in [-0.2, -0.15) is 11.8 Å². The van der Waals surface area contributed by atoms with Crippen LogP contribution in [0.1, 0.15) is 48.8 Å². The van der Waals surface area contributed by atoms with E-state index in [1.165, 1.54) is 22.9 Å². The third kappa shape index (κ3) is 13.1. The summed E-state index contributed by atoms with van der Waals surface area (Å²) in [5.74, 6) is -1.10. The summed E-state index contributed by atoms with van der Waals surface area (Å²) in [5, 5.41) is 27.9. The summed E-state index contributed by atoms with van der Waals surface area (Å²) in [4.78, 5) is 21.5. The van der Waals surface area contributed by atoms with E-state index in [0.29, 0.717) is 12.2 Å². The molecule has 2 rings (SSSR count). The lowest BCUT2D eigenvalue weighted by Crippen LogP contribution is -2.22. The van der Waals surface area contributed by atoms with Crippen molar-refractivity contribution in [1.29, 1.82) is 0 Å². The molecule has 0 bridgehead atoms. The molecule has 2 aromatic carbocycles. The number of rotatable bonds is 17. The van der Waals surface area contributed by atoms with E-state index in [2.05, 4.69) is 48.6 Å². The number of hydrogen-bond donors (Lipinski definition) is 3. The molecule has 0 saturated heterocycles. The highest BCUT2D eigenvalue weighted by Gasteiger charge is 2.17. The van der Waals surface area contributed by atoms with Crippen LogP contribution in [0.25, 0.3) is 6.08 Å². The van der Waals surface area contributed by atoms with Crippen LogP contribution < -0.4 is 0 Å². The highest BCUT2D eigenvalue weighted by Crippen LogP contribution is 2.22.